The van der Waals surface area contributed by atoms with Gasteiger partial charge in [0.05, 0.1) is 11.2 Å². The number of carbonyl (C=O) groups excluding carboxylic acids is 1. The van der Waals surface area contributed by atoms with Crippen molar-refractivity contribution in [2.24, 2.45) is 0 Å². The Morgan fingerprint density at radius 2 is 1.43 bits per heavy atom. The second-order valence-electron chi connectivity index (χ2n) is 9.21. The Kier molecular flexibility index (Phi) is 4.57. The highest BCUT2D eigenvalue weighted by molar-refractivity contribution is 6.49. The van der Waals surface area contributed by atoms with E-state index in [0.29, 0.717) is 13.1 Å². The number of hydrogen-bond donors (Lipinski definition) is 0. The van der Waals surface area contributed by atoms with Crippen LogP contribution in [0.4, 0.5) is 4.79 Å². The molecule has 2 aliphatic rings. The van der Waals surface area contributed by atoms with Crippen molar-refractivity contribution in [3.8, 4) is 0 Å². The van der Waals surface area contributed by atoms with E-state index in [2.05, 4.69) is 34.6 Å². The van der Waals surface area contributed by atoms with Crippen LogP contribution in [0.2, 0.25) is 5.31 Å². The molecule has 0 saturated carbocycles. The van der Waals surface area contributed by atoms with Gasteiger partial charge in [0.2, 0.25) is 0 Å². The van der Waals surface area contributed by atoms with Gasteiger partial charge in [-0.25, -0.2) is 4.79 Å². The second kappa shape index (κ2) is 5.66. The van der Waals surface area contributed by atoms with Crippen LogP contribution in [0.15, 0.2) is 0 Å². The number of nitrogens with zero attached hydrogens (tertiary/aromatic N) is 1. The number of carbonyl (C=O) groups is 1. The van der Waals surface area contributed by atoms with Crippen molar-refractivity contribution in [2.75, 3.05) is 13.1 Å². The van der Waals surface area contributed by atoms with Gasteiger partial charge >= 0.3 is 13.2 Å². The topological polar surface area (TPSA) is 48.0 Å². The summed E-state index contributed by atoms with van der Waals surface area (Å²) in [5.74, 6) is 0. The Labute approximate surface area is 141 Å². The van der Waals surface area contributed by atoms with Crippen molar-refractivity contribution >= 4 is 13.2 Å². The lowest BCUT2D eigenvalue weighted by Gasteiger charge is -2.40. The molecule has 0 atom stereocenters. The van der Waals surface area contributed by atoms with Crippen molar-refractivity contribution in [2.45, 2.75) is 90.3 Å². The van der Waals surface area contributed by atoms with E-state index >= 15 is 0 Å². The van der Waals surface area contributed by atoms with Crippen LogP contribution in [0.5, 0.6) is 0 Å². The lowest BCUT2D eigenvalue weighted by atomic mass is 9.54. The van der Waals surface area contributed by atoms with Gasteiger partial charge in [0, 0.05) is 18.4 Å². The van der Waals surface area contributed by atoms with E-state index in [9.17, 15) is 4.79 Å². The largest absolute Gasteiger partial charge is 0.464 e. The van der Waals surface area contributed by atoms with Crippen LogP contribution in [0.3, 0.4) is 0 Å². The summed E-state index contributed by atoms with van der Waals surface area (Å²) in [6.45, 7) is 17.5. The van der Waals surface area contributed by atoms with E-state index in [0.717, 1.165) is 12.8 Å². The highest BCUT2D eigenvalue weighted by atomic mass is 16.7. The number of amides is 1. The third-order valence-electron chi connectivity index (χ3n) is 5.38. The minimum atomic E-state index is -0.455. The van der Waals surface area contributed by atoms with Crippen molar-refractivity contribution in [3.05, 3.63) is 0 Å². The molecule has 0 radical (unpaired) electrons. The van der Waals surface area contributed by atoms with Gasteiger partial charge in [0.1, 0.15) is 5.60 Å². The highest BCUT2D eigenvalue weighted by Crippen LogP contribution is 2.49. The molecule has 0 spiro atoms. The molecular weight excluding hydrogens is 293 g/mol. The van der Waals surface area contributed by atoms with Gasteiger partial charge in [-0.3, -0.25) is 0 Å². The molecule has 2 rings (SSSR count). The van der Waals surface area contributed by atoms with E-state index in [4.69, 9.17) is 14.0 Å². The molecule has 0 aromatic carbocycles. The first-order chi connectivity index (χ1) is 10.3. The molecule has 0 unspecified atom stereocenters. The summed E-state index contributed by atoms with van der Waals surface area (Å²) in [7, 11) is -0.228. The van der Waals surface area contributed by atoms with Gasteiger partial charge in [0.15, 0.2) is 0 Å². The van der Waals surface area contributed by atoms with Crippen molar-refractivity contribution in [1.82, 2.24) is 4.90 Å². The Hall–Kier alpha value is -0.745. The number of rotatable bonds is 1. The average molecular weight is 325 g/mol. The lowest BCUT2D eigenvalue weighted by molar-refractivity contribution is 0.00578. The maximum absolute atomic E-state index is 12.2. The molecule has 2 fully saturated rings. The smallest absolute Gasteiger partial charge is 0.444 e. The van der Waals surface area contributed by atoms with E-state index in [1.165, 1.54) is 0 Å². The van der Waals surface area contributed by atoms with Crippen LogP contribution in [0, 0.1) is 0 Å². The third kappa shape index (κ3) is 3.85. The normalized spacial score (nSPS) is 26.3. The molecular formula is C17H32BNO4. The minimum Gasteiger partial charge on any atom is -0.444 e. The number of likely N-dealkylation sites (tertiary alicyclic amines) is 1. The summed E-state index contributed by atoms with van der Waals surface area (Å²) in [4.78, 5) is 14.0. The molecule has 132 valence electrons. The van der Waals surface area contributed by atoms with E-state index < -0.39 is 5.60 Å². The van der Waals surface area contributed by atoms with E-state index in [1.807, 2.05) is 20.8 Å². The number of piperidine rings is 1. The van der Waals surface area contributed by atoms with Crippen LogP contribution >= 0.6 is 0 Å². The zero-order valence-electron chi connectivity index (χ0n) is 16.0. The predicted octanol–water partition coefficient (Wildman–Crippen LogP) is 3.87. The molecule has 0 aliphatic carbocycles. The summed E-state index contributed by atoms with van der Waals surface area (Å²) < 4.78 is 17.9. The van der Waals surface area contributed by atoms with Crippen LogP contribution < -0.4 is 0 Å². The molecule has 0 N–H and O–H groups in total. The predicted molar refractivity (Wildman–Crippen MR) is 91.5 cm³/mol. The van der Waals surface area contributed by atoms with Gasteiger partial charge < -0.3 is 18.9 Å². The Morgan fingerprint density at radius 3 is 1.83 bits per heavy atom. The third-order valence-corrected chi connectivity index (χ3v) is 5.38. The molecule has 0 aromatic rings. The molecule has 2 aliphatic heterocycles. The van der Waals surface area contributed by atoms with Gasteiger partial charge in [0.25, 0.3) is 0 Å². The van der Waals surface area contributed by atoms with E-state index in [1.54, 1.807) is 4.90 Å². The quantitative estimate of drug-likeness (QED) is 0.687. The minimum absolute atomic E-state index is 0.0798. The highest BCUT2D eigenvalue weighted by Gasteiger charge is 2.58. The first kappa shape index (κ1) is 18.6. The summed E-state index contributed by atoms with van der Waals surface area (Å²) in [5, 5.41) is -0.0798. The van der Waals surface area contributed by atoms with Gasteiger partial charge in [-0.2, -0.15) is 0 Å². The molecule has 6 heteroatoms. The Morgan fingerprint density at radius 1 is 1.00 bits per heavy atom. The maximum atomic E-state index is 12.2. The monoisotopic (exact) mass is 325 g/mol. The SMILES string of the molecule is CC(C)(C)OC(=O)N1CCC(C)(B2OC(C)(C)C(C)(C)O2)CC1. The van der Waals surface area contributed by atoms with Gasteiger partial charge in [-0.05, 0) is 61.3 Å². The standard InChI is InChI=1S/C17H32BNO4/c1-14(2,3)21-13(20)19-11-9-17(8,10-12-19)18-22-15(4,5)16(6,7)23-18/h9-12H2,1-8H3. The van der Waals surface area contributed by atoms with Crippen molar-refractivity contribution < 1.29 is 18.8 Å². The van der Waals surface area contributed by atoms with Crippen LogP contribution in [0.1, 0.15) is 68.2 Å². The molecule has 0 bridgehead atoms. The van der Waals surface area contributed by atoms with Crippen molar-refractivity contribution in [3.63, 3.8) is 0 Å². The van der Waals surface area contributed by atoms with E-state index in [-0.39, 0.29) is 29.7 Å². The summed E-state index contributed by atoms with van der Waals surface area (Å²) >= 11 is 0. The fraction of sp³-hybridized carbons (Fsp3) is 0.941. The lowest BCUT2D eigenvalue weighted by Crippen LogP contribution is -2.47. The second-order valence-corrected chi connectivity index (χ2v) is 9.21. The molecule has 2 saturated heterocycles. The molecule has 5 nitrogen and oxygen atoms in total. The molecule has 2 heterocycles. The number of ether oxygens (including phenoxy) is 1. The summed E-state index contributed by atoms with van der Waals surface area (Å²) in [6.07, 6.45) is 1.47. The fourth-order valence-electron chi connectivity index (χ4n) is 2.89. The maximum Gasteiger partial charge on any atom is 0.464 e. The average Bonchev–Trinajstić information content (AvgIpc) is 2.57. The van der Waals surface area contributed by atoms with Crippen molar-refractivity contribution in [1.29, 1.82) is 0 Å². The van der Waals surface area contributed by atoms with Crippen LogP contribution in [0.25, 0.3) is 0 Å². The first-order valence-electron chi connectivity index (χ1n) is 8.59. The Balaban J connectivity index is 1.97. The molecule has 23 heavy (non-hydrogen) atoms. The first-order valence-corrected chi connectivity index (χ1v) is 8.59. The zero-order valence-corrected chi connectivity index (χ0v) is 16.0. The summed E-state index contributed by atoms with van der Waals surface area (Å²) in [5.41, 5.74) is -1.09. The summed E-state index contributed by atoms with van der Waals surface area (Å²) in [6, 6.07) is 0. The Bertz CT molecular complexity index is 446. The van der Waals surface area contributed by atoms with Crippen LogP contribution in [-0.4, -0.2) is 48.0 Å². The zero-order chi connectivity index (χ0) is 17.7. The molecule has 1 amide bonds. The van der Waals surface area contributed by atoms with Gasteiger partial charge in [-0.15, -0.1) is 0 Å². The van der Waals surface area contributed by atoms with Crippen LogP contribution in [-0.2, 0) is 14.0 Å². The fourth-order valence-corrected chi connectivity index (χ4v) is 2.89. The van der Waals surface area contributed by atoms with Gasteiger partial charge in [-0.1, -0.05) is 6.92 Å². The number of hydrogen-bond acceptors (Lipinski definition) is 4. The molecule has 0 aromatic heterocycles.